The van der Waals surface area contributed by atoms with Gasteiger partial charge >= 0.3 is 0 Å². The Labute approximate surface area is 116 Å². The van der Waals surface area contributed by atoms with Crippen LogP contribution in [0.3, 0.4) is 0 Å². The molecule has 19 heavy (non-hydrogen) atoms. The molecular weight excluding hydrogens is 236 g/mol. The zero-order chi connectivity index (χ0) is 13.8. The standard InChI is InChI=1S/C17H24O2/c1-12-9-10-15(17(19-3)13(12)2)16(18)11-14-7-5-4-6-8-14/h7,9-10,16,18H,4-6,8,11H2,1-3H3. The third-order valence-corrected chi connectivity index (χ3v) is 4.11. The summed E-state index contributed by atoms with van der Waals surface area (Å²) in [5.41, 5.74) is 4.62. The lowest BCUT2D eigenvalue weighted by Gasteiger charge is -2.20. The van der Waals surface area contributed by atoms with Gasteiger partial charge in [-0.3, -0.25) is 0 Å². The van der Waals surface area contributed by atoms with Crippen LogP contribution in [0.1, 0.15) is 54.9 Å². The molecule has 1 atom stereocenters. The summed E-state index contributed by atoms with van der Waals surface area (Å²) in [5, 5.41) is 10.5. The normalized spacial score (nSPS) is 16.9. The van der Waals surface area contributed by atoms with E-state index in [9.17, 15) is 5.11 Å². The van der Waals surface area contributed by atoms with Crippen LogP contribution in [0.2, 0.25) is 0 Å². The van der Waals surface area contributed by atoms with Crippen LogP contribution < -0.4 is 4.74 Å². The van der Waals surface area contributed by atoms with E-state index in [1.54, 1.807) is 7.11 Å². The Morgan fingerprint density at radius 1 is 1.26 bits per heavy atom. The number of hydrogen-bond acceptors (Lipinski definition) is 2. The summed E-state index contributed by atoms with van der Waals surface area (Å²) in [6.07, 6.45) is 7.39. The van der Waals surface area contributed by atoms with E-state index in [2.05, 4.69) is 19.1 Å². The first-order valence-electron chi connectivity index (χ1n) is 7.13. The smallest absolute Gasteiger partial charge is 0.127 e. The maximum atomic E-state index is 10.5. The first kappa shape index (κ1) is 14.1. The second-order valence-corrected chi connectivity index (χ2v) is 5.46. The van der Waals surface area contributed by atoms with Crippen LogP contribution in [0.5, 0.6) is 5.75 Å². The third kappa shape index (κ3) is 3.19. The second kappa shape index (κ2) is 6.25. The molecule has 0 amide bonds. The molecule has 1 aromatic rings. The molecule has 2 rings (SSSR count). The molecular formula is C17H24O2. The Kier molecular flexibility index (Phi) is 4.65. The van der Waals surface area contributed by atoms with Gasteiger partial charge in [-0.05, 0) is 57.1 Å². The minimum absolute atomic E-state index is 0.460. The third-order valence-electron chi connectivity index (χ3n) is 4.11. The maximum absolute atomic E-state index is 10.5. The lowest BCUT2D eigenvalue weighted by atomic mass is 9.91. The molecule has 0 saturated carbocycles. The van der Waals surface area contributed by atoms with Crippen molar-refractivity contribution in [2.45, 2.75) is 52.1 Å². The molecule has 2 heteroatoms. The molecule has 0 radical (unpaired) electrons. The van der Waals surface area contributed by atoms with E-state index in [1.165, 1.54) is 24.0 Å². The van der Waals surface area contributed by atoms with Gasteiger partial charge in [0, 0.05) is 5.56 Å². The van der Waals surface area contributed by atoms with Crippen LogP contribution in [0.25, 0.3) is 0 Å². The maximum Gasteiger partial charge on any atom is 0.127 e. The molecule has 1 aliphatic rings. The quantitative estimate of drug-likeness (QED) is 0.821. The molecule has 104 valence electrons. The van der Waals surface area contributed by atoms with Crippen molar-refractivity contribution in [3.8, 4) is 5.75 Å². The molecule has 1 aliphatic carbocycles. The summed E-state index contributed by atoms with van der Waals surface area (Å²) >= 11 is 0. The highest BCUT2D eigenvalue weighted by atomic mass is 16.5. The van der Waals surface area contributed by atoms with Crippen molar-refractivity contribution in [3.63, 3.8) is 0 Å². The van der Waals surface area contributed by atoms with Gasteiger partial charge in [0.05, 0.1) is 13.2 Å². The molecule has 1 unspecified atom stereocenters. The van der Waals surface area contributed by atoms with Crippen molar-refractivity contribution in [3.05, 3.63) is 40.5 Å². The first-order chi connectivity index (χ1) is 9.13. The number of aliphatic hydroxyl groups excluding tert-OH is 1. The molecule has 0 spiro atoms. The highest BCUT2D eigenvalue weighted by molar-refractivity contribution is 5.46. The molecule has 2 nitrogen and oxygen atoms in total. The summed E-state index contributed by atoms with van der Waals surface area (Å²) in [7, 11) is 1.68. The number of rotatable bonds is 4. The van der Waals surface area contributed by atoms with Crippen LogP contribution >= 0.6 is 0 Å². The SMILES string of the molecule is COc1c(C(O)CC2=CCCCC2)ccc(C)c1C. The molecule has 0 heterocycles. The Balaban J connectivity index is 2.21. The lowest BCUT2D eigenvalue weighted by Crippen LogP contribution is -2.05. The largest absolute Gasteiger partial charge is 0.496 e. The van der Waals surface area contributed by atoms with Gasteiger partial charge in [0.1, 0.15) is 5.75 Å². The number of aryl methyl sites for hydroxylation is 1. The van der Waals surface area contributed by atoms with Gasteiger partial charge < -0.3 is 9.84 Å². The molecule has 0 aromatic heterocycles. The summed E-state index contributed by atoms with van der Waals surface area (Å²) < 4.78 is 5.49. The molecule has 1 aromatic carbocycles. The highest BCUT2D eigenvalue weighted by Crippen LogP contribution is 2.35. The van der Waals surface area contributed by atoms with Crippen molar-refractivity contribution in [1.29, 1.82) is 0 Å². The molecule has 1 N–H and O–H groups in total. The number of aliphatic hydroxyl groups is 1. The van der Waals surface area contributed by atoms with Crippen LogP contribution in [0.15, 0.2) is 23.8 Å². The predicted molar refractivity (Wildman–Crippen MR) is 78.6 cm³/mol. The number of ether oxygens (including phenoxy) is 1. The Bertz CT molecular complexity index is 474. The van der Waals surface area contributed by atoms with Crippen molar-refractivity contribution < 1.29 is 9.84 Å². The number of benzene rings is 1. The average molecular weight is 260 g/mol. The minimum Gasteiger partial charge on any atom is -0.496 e. The summed E-state index contributed by atoms with van der Waals surface area (Å²) in [5.74, 6) is 0.837. The molecule has 0 saturated heterocycles. The van der Waals surface area contributed by atoms with E-state index >= 15 is 0 Å². The number of hydrogen-bond donors (Lipinski definition) is 1. The molecule has 0 fully saturated rings. The fourth-order valence-corrected chi connectivity index (χ4v) is 2.79. The second-order valence-electron chi connectivity index (χ2n) is 5.46. The predicted octanol–water partition coefficient (Wildman–Crippen LogP) is 4.24. The van der Waals surface area contributed by atoms with Gasteiger partial charge in [0.15, 0.2) is 0 Å². The summed E-state index contributed by atoms with van der Waals surface area (Å²) in [6, 6.07) is 4.06. The van der Waals surface area contributed by atoms with Crippen molar-refractivity contribution in [1.82, 2.24) is 0 Å². The van der Waals surface area contributed by atoms with Crippen molar-refractivity contribution >= 4 is 0 Å². The van der Waals surface area contributed by atoms with E-state index in [1.807, 2.05) is 13.0 Å². The summed E-state index contributed by atoms with van der Waals surface area (Å²) in [4.78, 5) is 0. The van der Waals surface area contributed by atoms with E-state index in [0.29, 0.717) is 0 Å². The lowest BCUT2D eigenvalue weighted by molar-refractivity contribution is 0.172. The Morgan fingerprint density at radius 3 is 2.68 bits per heavy atom. The average Bonchev–Trinajstić information content (AvgIpc) is 2.42. The zero-order valence-electron chi connectivity index (χ0n) is 12.2. The minimum atomic E-state index is -0.460. The van der Waals surface area contributed by atoms with Gasteiger partial charge in [0.25, 0.3) is 0 Å². The van der Waals surface area contributed by atoms with Gasteiger partial charge in [-0.1, -0.05) is 23.8 Å². The van der Waals surface area contributed by atoms with Gasteiger partial charge in [-0.25, -0.2) is 0 Å². The van der Waals surface area contributed by atoms with E-state index in [4.69, 9.17) is 4.74 Å². The van der Waals surface area contributed by atoms with Crippen LogP contribution in [0, 0.1) is 13.8 Å². The topological polar surface area (TPSA) is 29.5 Å². The monoisotopic (exact) mass is 260 g/mol. The van der Waals surface area contributed by atoms with Gasteiger partial charge in [0.2, 0.25) is 0 Å². The van der Waals surface area contributed by atoms with E-state index in [0.717, 1.165) is 36.1 Å². The van der Waals surface area contributed by atoms with Crippen molar-refractivity contribution in [2.24, 2.45) is 0 Å². The summed E-state index contributed by atoms with van der Waals surface area (Å²) in [6.45, 7) is 4.11. The number of methoxy groups -OCH3 is 1. The van der Waals surface area contributed by atoms with Gasteiger partial charge in [-0.15, -0.1) is 0 Å². The van der Waals surface area contributed by atoms with Gasteiger partial charge in [-0.2, -0.15) is 0 Å². The fourth-order valence-electron chi connectivity index (χ4n) is 2.79. The first-order valence-corrected chi connectivity index (χ1v) is 7.13. The zero-order valence-corrected chi connectivity index (χ0v) is 12.2. The molecule has 0 aliphatic heterocycles. The van der Waals surface area contributed by atoms with Crippen LogP contribution in [-0.4, -0.2) is 12.2 Å². The van der Waals surface area contributed by atoms with Crippen LogP contribution in [0.4, 0.5) is 0 Å². The van der Waals surface area contributed by atoms with E-state index in [-0.39, 0.29) is 0 Å². The Morgan fingerprint density at radius 2 is 2.05 bits per heavy atom. The van der Waals surface area contributed by atoms with Crippen molar-refractivity contribution in [2.75, 3.05) is 7.11 Å². The number of allylic oxidation sites excluding steroid dienone is 1. The highest BCUT2D eigenvalue weighted by Gasteiger charge is 2.18. The van der Waals surface area contributed by atoms with Crippen LogP contribution in [-0.2, 0) is 0 Å². The fraction of sp³-hybridized carbons (Fsp3) is 0.529. The molecule has 0 bridgehead atoms. The Hall–Kier alpha value is -1.28. The van der Waals surface area contributed by atoms with E-state index < -0.39 is 6.10 Å².